The third-order valence-corrected chi connectivity index (χ3v) is 4.07. The van der Waals surface area contributed by atoms with Crippen LogP contribution >= 0.6 is 23.2 Å². The molecule has 0 aromatic heterocycles. The van der Waals surface area contributed by atoms with E-state index in [1.54, 1.807) is 18.2 Å². The van der Waals surface area contributed by atoms with E-state index in [1.165, 1.54) is 7.11 Å². The minimum Gasteiger partial charge on any atom is -0.496 e. The fourth-order valence-electron chi connectivity index (χ4n) is 2.39. The first-order valence-electron chi connectivity index (χ1n) is 6.36. The van der Waals surface area contributed by atoms with E-state index in [0.29, 0.717) is 28.8 Å². The summed E-state index contributed by atoms with van der Waals surface area (Å²) in [4.78, 5) is 12.1. The first-order chi connectivity index (χ1) is 9.10. The highest BCUT2D eigenvalue weighted by atomic mass is 35.5. The number of nitrogens with one attached hydrogen (secondary N) is 1. The Labute approximate surface area is 123 Å². The summed E-state index contributed by atoms with van der Waals surface area (Å²) in [6, 6.07) is 5.02. The second-order valence-electron chi connectivity index (χ2n) is 4.83. The number of halogens is 2. The molecule has 1 amide bonds. The number of hydrogen-bond acceptors (Lipinski definition) is 2. The van der Waals surface area contributed by atoms with Crippen molar-refractivity contribution in [2.45, 2.75) is 24.6 Å². The second kappa shape index (κ2) is 6.49. The Morgan fingerprint density at radius 3 is 2.89 bits per heavy atom. The highest BCUT2D eigenvalue weighted by Crippen LogP contribution is 2.29. The van der Waals surface area contributed by atoms with Crippen LogP contribution in [0.25, 0.3) is 0 Å². The van der Waals surface area contributed by atoms with E-state index in [4.69, 9.17) is 27.9 Å². The number of amides is 1. The number of alkyl halides is 1. The van der Waals surface area contributed by atoms with Crippen molar-refractivity contribution in [3.63, 3.8) is 0 Å². The summed E-state index contributed by atoms with van der Waals surface area (Å²) in [6.45, 7) is 0.651. The molecule has 2 unspecified atom stereocenters. The molecule has 0 heterocycles. The zero-order chi connectivity index (χ0) is 13.8. The Hall–Kier alpha value is -0.930. The van der Waals surface area contributed by atoms with Gasteiger partial charge in [0.2, 0.25) is 0 Å². The number of hydrogen-bond donors (Lipinski definition) is 1. The van der Waals surface area contributed by atoms with Gasteiger partial charge in [0, 0.05) is 16.9 Å². The van der Waals surface area contributed by atoms with Crippen molar-refractivity contribution < 1.29 is 9.53 Å². The van der Waals surface area contributed by atoms with Crippen LogP contribution in [0.4, 0.5) is 0 Å². The molecule has 2 atom stereocenters. The van der Waals surface area contributed by atoms with Crippen molar-refractivity contribution in [2.75, 3.05) is 13.7 Å². The largest absolute Gasteiger partial charge is 0.496 e. The highest BCUT2D eigenvalue weighted by molar-refractivity contribution is 6.31. The van der Waals surface area contributed by atoms with E-state index in [9.17, 15) is 4.79 Å². The Kier molecular flexibility index (Phi) is 4.94. The molecule has 0 aliphatic heterocycles. The number of rotatable bonds is 4. The molecule has 3 nitrogen and oxygen atoms in total. The lowest BCUT2D eigenvalue weighted by Crippen LogP contribution is -2.28. The van der Waals surface area contributed by atoms with Crippen LogP contribution in [0, 0.1) is 5.92 Å². The summed E-state index contributed by atoms with van der Waals surface area (Å²) < 4.78 is 5.17. The van der Waals surface area contributed by atoms with Crippen LogP contribution in [0.3, 0.4) is 0 Å². The zero-order valence-electron chi connectivity index (χ0n) is 10.8. The van der Waals surface area contributed by atoms with Gasteiger partial charge in [-0.3, -0.25) is 4.79 Å². The normalized spacial score (nSPS) is 22.3. The van der Waals surface area contributed by atoms with Gasteiger partial charge in [-0.05, 0) is 43.4 Å². The minimum atomic E-state index is -0.155. The number of carbonyl (C=O) groups excluding carboxylic acids is 1. The lowest BCUT2D eigenvalue weighted by molar-refractivity contribution is 0.0944. The Balaban J connectivity index is 1.97. The second-order valence-corrected chi connectivity index (χ2v) is 5.88. The summed E-state index contributed by atoms with van der Waals surface area (Å²) in [5.41, 5.74) is 0.468. The van der Waals surface area contributed by atoms with Crippen LogP contribution < -0.4 is 10.1 Å². The SMILES string of the molecule is COc1ccc(Cl)cc1C(=O)NCC1CCC(Cl)C1. The molecule has 5 heteroatoms. The molecular formula is C14H17Cl2NO2. The van der Waals surface area contributed by atoms with Gasteiger partial charge < -0.3 is 10.1 Å². The van der Waals surface area contributed by atoms with Gasteiger partial charge in [0.1, 0.15) is 5.75 Å². The summed E-state index contributed by atoms with van der Waals surface area (Å²) in [5, 5.41) is 3.70. The fraction of sp³-hybridized carbons (Fsp3) is 0.500. The quantitative estimate of drug-likeness (QED) is 0.865. The molecule has 2 rings (SSSR count). The topological polar surface area (TPSA) is 38.3 Å². The predicted molar refractivity (Wildman–Crippen MR) is 77.3 cm³/mol. The van der Waals surface area contributed by atoms with Gasteiger partial charge in [-0.1, -0.05) is 11.6 Å². The number of benzene rings is 1. The molecule has 0 spiro atoms. The van der Waals surface area contributed by atoms with Crippen LogP contribution in [0.15, 0.2) is 18.2 Å². The van der Waals surface area contributed by atoms with Crippen molar-refractivity contribution in [1.29, 1.82) is 0 Å². The van der Waals surface area contributed by atoms with Crippen LogP contribution in [-0.4, -0.2) is 24.9 Å². The first-order valence-corrected chi connectivity index (χ1v) is 7.17. The van der Waals surface area contributed by atoms with Crippen LogP contribution in [0.1, 0.15) is 29.6 Å². The van der Waals surface area contributed by atoms with Crippen molar-refractivity contribution in [2.24, 2.45) is 5.92 Å². The number of carbonyl (C=O) groups is 1. The zero-order valence-corrected chi connectivity index (χ0v) is 12.3. The molecular weight excluding hydrogens is 285 g/mol. The molecule has 1 aliphatic carbocycles. The number of methoxy groups -OCH3 is 1. The minimum absolute atomic E-state index is 0.155. The summed E-state index contributed by atoms with van der Waals surface area (Å²) in [6.07, 6.45) is 3.07. The maximum absolute atomic E-state index is 12.1. The molecule has 0 saturated heterocycles. The smallest absolute Gasteiger partial charge is 0.255 e. The molecule has 1 aromatic carbocycles. The van der Waals surface area contributed by atoms with E-state index in [0.717, 1.165) is 19.3 Å². The van der Waals surface area contributed by atoms with Crippen molar-refractivity contribution >= 4 is 29.1 Å². The van der Waals surface area contributed by atoms with Crippen LogP contribution in [0.5, 0.6) is 5.75 Å². The van der Waals surface area contributed by atoms with E-state index in [-0.39, 0.29) is 11.3 Å². The molecule has 0 radical (unpaired) electrons. The van der Waals surface area contributed by atoms with E-state index in [2.05, 4.69) is 5.32 Å². The first kappa shape index (κ1) is 14.5. The standard InChI is InChI=1S/C14H17Cl2NO2/c1-19-13-5-4-11(16)7-12(13)14(18)17-8-9-2-3-10(15)6-9/h4-5,7,9-10H,2-3,6,8H2,1H3,(H,17,18). The molecule has 1 fully saturated rings. The van der Waals surface area contributed by atoms with Gasteiger partial charge in [0.05, 0.1) is 12.7 Å². The molecule has 1 N–H and O–H groups in total. The van der Waals surface area contributed by atoms with Crippen molar-refractivity contribution in [1.82, 2.24) is 5.32 Å². The molecule has 1 saturated carbocycles. The maximum Gasteiger partial charge on any atom is 0.255 e. The monoisotopic (exact) mass is 301 g/mol. The maximum atomic E-state index is 12.1. The lowest BCUT2D eigenvalue weighted by Gasteiger charge is -2.13. The fourth-order valence-corrected chi connectivity index (χ4v) is 2.94. The highest BCUT2D eigenvalue weighted by Gasteiger charge is 2.23. The van der Waals surface area contributed by atoms with Crippen LogP contribution in [-0.2, 0) is 0 Å². The van der Waals surface area contributed by atoms with Gasteiger partial charge in [-0.2, -0.15) is 0 Å². The molecule has 104 valence electrons. The summed E-state index contributed by atoms with van der Waals surface area (Å²) in [5.74, 6) is 0.845. The lowest BCUT2D eigenvalue weighted by atomic mass is 10.1. The van der Waals surface area contributed by atoms with Gasteiger partial charge in [-0.25, -0.2) is 0 Å². The molecule has 1 aromatic rings. The van der Waals surface area contributed by atoms with Gasteiger partial charge in [0.25, 0.3) is 5.91 Å². The average molecular weight is 302 g/mol. The summed E-state index contributed by atoms with van der Waals surface area (Å²) in [7, 11) is 1.54. The molecule has 19 heavy (non-hydrogen) atoms. The van der Waals surface area contributed by atoms with Gasteiger partial charge in [0.15, 0.2) is 0 Å². The average Bonchev–Trinajstić information content (AvgIpc) is 2.81. The molecule has 0 bridgehead atoms. The Bertz CT molecular complexity index is 465. The van der Waals surface area contributed by atoms with Crippen LogP contribution in [0.2, 0.25) is 5.02 Å². The Morgan fingerprint density at radius 1 is 1.47 bits per heavy atom. The van der Waals surface area contributed by atoms with Gasteiger partial charge in [-0.15, -0.1) is 11.6 Å². The van der Waals surface area contributed by atoms with E-state index in [1.807, 2.05) is 0 Å². The number of ether oxygens (including phenoxy) is 1. The van der Waals surface area contributed by atoms with Crippen molar-refractivity contribution in [3.05, 3.63) is 28.8 Å². The summed E-state index contributed by atoms with van der Waals surface area (Å²) >= 11 is 12.0. The van der Waals surface area contributed by atoms with Gasteiger partial charge >= 0.3 is 0 Å². The van der Waals surface area contributed by atoms with Crippen molar-refractivity contribution in [3.8, 4) is 5.75 Å². The molecule has 1 aliphatic rings. The Morgan fingerprint density at radius 2 is 2.26 bits per heavy atom. The van der Waals surface area contributed by atoms with E-state index < -0.39 is 0 Å². The van der Waals surface area contributed by atoms with E-state index >= 15 is 0 Å². The third-order valence-electron chi connectivity index (χ3n) is 3.43. The predicted octanol–water partition coefficient (Wildman–Crippen LogP) is 3.49. The third kappa shape index (κ3) is 3.77.